The Morgan fingerprint density at radius 2 is 1.78 bits per heavy atom. The topological polar surface area (TPSA) is 45.8 Å². The van der Waals surface area contributed by atoms with Crippen LogP contribution in [0.25, 0.3) is 0 Å². The van der Waals surface area contributed by atoms with Crippen LogP contribution in [0.4, 0.5) is 5.69 Å². The molecule has 1 aliphatic rings. The maximum Gasteiger partial charge on any atom is 0.171 e. The predicted molar refractivity (Wildman–Crippen MR) is 114 cm³/mol. The molecule has 6 heteroatoms. The van der Waals surface area contributed by atoms with Crippen LogP contribution in [0.5, 0.6) is 5.75 Å². The zero-order valence-electron chi connectivity index (χ0n) is 15.9. The van der Waals surface area contributed by atoms with E-state index in [-0.39, 0.29) is 6.04 Å². The molecular weight excluding hydrogens is 358 g/mol. The number of hydrogen-bond donors (Lipinski definition) is 2. The first kappa shape index (κ1) is 19.6. The van der Waals surface area contributed by atoms with Gasteiger partial charge in [-0.1, -0.05) is 29.8 Å². The van der Waals surface area contributed by atoms with Crippen LogP contribution in [0.2, 0.25) is 0 Å². The zero-order chi connectivity index (χ0) is 19.1. The standard InChI is InChI=1S/C21H27N3O2S/c1-16-3-5-17(6-4-16)20(15-24-11-13-26-14-12-24)23-21(27)22-18-7-9-19(25-2)10-8-18/h3-10,20H,11-15H2,1-2H3,(H2,22,23,27)/t20-/m1/s1. The molecule has 0 aromatic heterocycles. The average Bonchev–Trinajstić information content (AvgIpc) is 2.69. The minimum absolute atomic E-state index is 0.113. The van der Waals surface area contributed by atoms with E-state index in [9.17, 15) is 0 Å². The van der Waals surface area contributed by atoms with E-state index in [2.05, 4.69) is 46.7 Å². The number of methoxy groups -OCH3 is 1. The Morgan fingerprint density at radius 1 is 1.11 bits per heavy atom. The number of rotatable bonds is 6. The molecule has 2 aromatic carbocycles. The van der Waals surface area contributed by atoms with Gasteiger partial charge in [-0.3, -0.25) is 4.90 Å². The van der Waals surface area contributed by atoms with Gasteiger partial charge in [0.1, 0.15) is 5.75 Å². The summed E-state index contributed by atoms with van der Waals surface area (Å²) in [5, 5.41) is 7.36. The number of morpholine rings is 1. The van der Waals surface area contributed by atoms with Crippen molar-refractivity contribution in [2.45, 2.75) is 13.0 Å². The predicted octanol–water partition coefficient (Wildman–Crippen LogP) is 3.36. The van der Waals surface area contributed by atoms with Gasteiger partial charge in [0.15, 0.2) is 5.11 Å². The summed E-state index contributed by atoms with van der Waals surface area (Å²) in [6.45, 7) is 6.46. The lowest BCUT2D eigenvalue weighted by atomic mass is 10.0. The molecule has 0 bridgehead atoms. The second-order valence-corrected chi connectivity index (χ2v) is 7.11. The van der Waals surface area contributed by atoms with E-state index < -0.39 is 0 Å². The van der Waals surface area contributed by atoms with E-state index >= 15 is 0 Å². The second-order valence-electron chi connectivity index (χ2n) is 6.70. The van der Waals surface area contributed by atoms with Crippen molar-refractivity contribution in [3.63, 3.8) is 0 Å². The Kier molecular flexibility index (Phi) is 7.04. The van der Waals surface area contributed by atoms with Crippen LogP contribution in [0.3, 0.4) is 0 Å². The van der Waals surface area contributed by atoms with E-state index in [0.717, 1.165) is 44.3 Å². The number of aryl methyl sites for hydroxylation is 1. The Hall–Kier alpha value is -2.15. The van der Waals surface area contributed by atoms with Crippen LogP contribution in [0.15, 0.2) is 48.5 Å². The minimum Gasteiger partial charge on any atom is -0.497 e. The van der Waals surface area contributed by atoms with Gasteiger partial charge in [-0.05, 0) is 49.0 Å². The summed E-state index contributed by atoms with van der Waals surface area (Å²) in [6, 6.07) is 16.5. The van der Waals surface area contributed by atoms with Gasteiger partial charge in [-0.15, -0.1) is 0 Å². The van der Waals surface area contributed by atoms with Crippen molar-refractivity contribution in [3.8, 4) is 5.75 Å². The maximum absolute atomic E-state index is 5.57. The van der Waals surface area contributed by atoms with Gasteiger partial charge in [0, 0.05) is 25.3 Å². The van der Waals surface area contributed by atoms with Crippen LogP contribution >= 0.6 is 12.2 Å². The van der Waals surface area contributed by atoms with E-state index in [4.69, 9.17) is 21.7 Å². The molecule has 0 spiro atoms. The molecule has 1 heterocycles. The zero-order valence-corrected chi connectivity index (χ0v) is 16.7. The summed E-state index contributed by atoms with van der Waals surface area (Å²) in [6.07, 6.45) is 0. The molecule has 27 heavy (non-hydrogen) atoms. The van der Waals surface area contributed by atoms with Crippen LogP contribution in [0, 0.1) is 6.92 Å². The Labute approximate surface area is 166 Å². The highest BCUT2D eigenvalue weighted by Crippen LogP contribution is 2.18. The molecule has 0 saturated carbocycles. The first-order chi connectivity index (χ1) is 13.1. The van der Waals surface area contributed by atoms with Crippen molar-refractivity contribution in [1.29, 1.82) is 0 Å². The van der Waals surface area contributed by atoms with E-state index in [1.807, 2.05) is 24.3 Å². The fourth-order valence-electron chi connectivity index (χ4n) is 3.07. The lowest BCUT2D eigenvalue weighted by Crippen LogP contribution is -2.44. The number of ether oxygens (including phenoxy) is 2. The Bertz CT molecular complexity index is 728. The molecule has 144 valence electrons. The Morgan fingerprint density at radius 3 is 2.41 bits per heavy atom. The molecule has 2 N–H and O–H groups in total. The monoisotopic (exact) mass is 385 g/mol. The van der Waals surface area contributed by atoms with E-state index in [1.165, 1.54) is 11.1 Å². The van der Waals surface area contributed by atoms with Gasteiger partial charge in [0.2, 0.25) is 0 Å². The van der Waals surface area contributed by atoms with Crippen LogP contribution < -0.4 is 15.4 Å². The van der Waals surface area contributed by atoms with Crippen molar-refractivity contribution >= 4 is 23.0 Å². The van der Waals surface area contributed by atoms with Crippen molar-refractivity contribution in [2.75, 3.05) is 45.3 Å². The summed E-state index contributed by atoms with van der Waals surface area (Å²) < 4.78 is 10.7. The molecule has 0 radical (unpaired) electrons. The number of nitrogens with zero attached hydrogens (tertiary/aromatic N) is 1. The number of thiocarbonyl (C=S) groups is 1. The van der Waals surface area contributed by atoms with Crippen LogP contribution in [-0.2, 0) is 4.74 Å². The summed E-state index contributed by atoms with van der Waals surface area (Å²) in [7, 11) is 1.66. The highest BCUT2D eigenvalue weighted by molar-refractivity contribution is 7.80. The molecule has 5 nitrogen and oxygen atoms in total. The summed E-state index contributed by atoms with van der Waals surface area (Å²) in [5.74, 6) is 0.823. The number of nitrogens with one attached hydrogen (secondary N) is 2. The highest BCUT2D eigenvalue weighted by atomic mass is 32.1. The van der Waals surface area contributed by atoms with E-state index in [1.54, 1.807) is 7.11 Å². The molecule has 1 aliphatic heterocycles. The van der Waals surface area contributed by atoms with Crippen molar-refractivity contribution in [2.24, 2.45) is 0 Å². The Balaban J connectivity index is 1.67. The normalized spacial score (nSPS) is 15.8. The molecule has 3 rings (SSSR count). The van der Waals surface area contributed by atoms with Gasteiger partial charge in [0.05, 0.1) is 26.4 Å². The lowest BCUT2D eigenvalue weighted by Gasteiger charge is -2.31. The first-order valence-corrected chi connectivity index (χ1v) is 9.63. The number of hydrogen-bond acceptors (Lipinski definition) is 4. The fraction of sp³-hybridized carbons (Fsp3) is 0.381. The van der Waals surface area contributed by atoms with E-state index in [0.29, 0.717) is 5.11 Å². The minimum atomic E-state index is 0.113. The highest BCUT2D eigenvalue weighted by Gasteiger charge is 2.19. The van der Waals surface area contributed by atoms with Crippen LogP contribution in [0.1, 0.15) is 17.2 Å². The van der Waals surface area contributed by atoms with Gasteiger partial charge in [-0.25, -0.2) is 0 Å². The summed E-state index contributed by atoms with van der Waals surface area (Å²) >= 11 is 5.57. The smallest absolute Gasteiger partial charge is 0.171 e. The van der Waals surface area contributed by atoms with Crippen molar-refractivity contribution in [1.82, 2.24) is 10.2 Å². The lowest BCUT2D eigenvalue weighted by molar-refractivity contribution is 0.0344. The number of benzene rings is 2. The molecular formula is C21H27N3O2S. The molecule has 0 aliphatic carbocycles. The van der Waals surface area contributed by atoms with Crippen molar-refractivity contribution < 1.29 is 9.47 Å². The number of anilines is 1. The molecule has 2 aromatic rings. The molecule has 1 saturated heterocycles. The summed E-state index contributed by atoms with van der Waals surface area (Å²) in [5.41, 5.74) is 3.41. The second kappa shape index (κ2) is 9.69. The maximum atomic E-state index is 5.57. The molecule has 0 unspecified atom stereocenters. The third kappa shape index (κ3) is 5.92. The average molecular weight is 386 g/mol. The third-order valence-electron chi connectivity index (χ3n) is 4.68. The molecule has 1 fully saturated rings. The first-order valence-electron chi connectivity index (χ1n) is 9.22. The summed E-state index contributed by atoms with van der Waals surface area (Å²) in [4.78, 5) is 2.41. The quantitative estimate of drug-likeness (QED) is 0.744. The van der Waals surface area contributed by atoms with Gasteiger partial charge < -0.3 is 20.1 Å². The molecule has 0 amide bonds. The van der Waals surface area contributed by atoms with Gasteiger partial charge in [-0.2, -0.15) is 0 Å². The van der Waals surface area contributed by atoms with Crippen LogP contribution in [-0.4, -0.2) is 50.0 Å². The largest absolute Gasteiger partial charge is 0.497 e. The SMILES string of the molecule is COc1ccc(NC(=S)N[C@H](CN2CCOCC2)c2ccc(C)cc2)cc1. The van der Waals surface area contributed by atoms with Crippen molar-refractivity contribution in [3.05, 3.63) is 59.7 Å². The third-order valence-corrected chi connectivity index (χ3v) is 4.90. The van der Waals surface area contributed by atoms with Gasteiger partial charge in [0.25, 0.3) is 0 Å². The van der Waals surface area contributed by atoms with Gasteiger partial charge >= 0.3 is 0 Å². The fourth-order valence-corrected chi connectivity index (χ4v) is 3.33. The molecule has 1 atom stereocenters.